The number of rotatable bonds is 4. The van der Waals surface area contributed by atoms with E-state index in [2.05, 4.69) is 30.9 Å². The highest BCUT2D eigenvalue weighted by atomic mass is 79.9. The first-order valence-corrected chi connectivity index (χ1v) is 6.58. The molecule has 2 aromatic rings. The van der Waals surface area contributed by atoms with Crippen LogP contribution in [0.5, 0.6) is 11.5 Å². The highest BCUT2D eigenvalue weighted by Gasteiger charge is 2.32. The van der Waals surface area contributed by atoms with E-state index in [0.717, 1.165) is 5.82 Å². The average molecular weight is 366 g/mol. The third-order valence-corrected chi connectivity index (χ3v) is 3.30. The molecule has 0 saturated heterocycles. The Morgan fingerprint density at radius 1 is 1.29 bits per heavy atom. The number of alkyl halides is 3. The molecule has 0 unspecified atom stereocenters. The summed E-state index contributed by atoms with van der Waals surface area (Å²) in [5.74, 6) is 1.41. The predicted molar refractivity (Wildman–Crippen MR) is 70.9 cm³/mol. The molecule has 0 spiro atoms. The lowest BCUT2D eigenvalue weighted by Gasteiger charge is -2.12. The van der Waals surface area contributed by atoms with Gasteiger partial charge < -0.3 is 14.0 Å². The molecule has 0 aliphatic carbocycles. The summed E-state index contributed by atoms with van der Waals surface area (Å²) in [6.07, 6.45) is -4.74. The van der Waals surface area contributed by atoms with Crippen LogP contribution in [0.1, 0.15) is 11.6 Å². The molecular formula is C12H11BrF3N3O2. The standard InChI is InChI=1S/C12H11BrF3N3O2/c1-7-17-18-11(19(7)2)6-20-8-3-4-10(9(13)5-8)21-12(14,15)16/h3-5H,6H2,1-2H3. The van der Waals surface area contributed by atoms with Gasteiger partial charge in [-0.05, 0) is 41.1 Å². The number of nitrogens with zero attached hydrogens (tertiary/aromatic N) is 3. The molecule has 0 radical (unpaired) electrons. The minimum absolute atomic E-state index is 0.145. The lowest BCUT2D eigenvalue weighted by atomic mass is 10.3. The van der Waals surface area contributed by atoms with Gasteiger partial charge in [0.05, 0.1) is 4.47 Å². The predicted octanol–water partition coefficient (Wildman–Crippen LogP) is 3.36. The summed E-state index contributed by atoms with van der Waals surface area (Å²) in [5.41, 5.74) is 0. The van der Waals surface area contributed by atoms with Gasteiger partial charge in [-0.15, -0.1) is 23.4 Å². The molecule has 1 heterocycles. The first kappa shape index (κ1) is 15.6. The van der Waals surface area contributed by atoms with Crippen molar-refractivity contribution in [2.75, 3.05) is 0 Å². The van der Waals surface area contributed by atoms with E-state index in [1.807, 2.05) is 0 Å². The molecule has 0 atom stereocenters. The number of halogens is 4. The van der Waals surface area contributed by atoms with Gasteiger partial charge in [0.1, 0.15) is 23.9 Å². The monoisotopic (exact) mass is 365 g/mol. The van der Waals surface area contributed by atoms with Gasteiger partial charge in [0.25, 0.3) is 0 Å². The SMILES string of the molecule is Cc1nnc(COc2ccc(OC(F)(F)F)c(Br)c2)n1C. The average Bonchev–Trinajstić information content (AvgIpc) is 2.69. The second-order valence-corrected chi connectivity index (χ2v) is 5.01. The Bertz CT molecular complexity index is 643. The zero-order valence-corrected chi connectivity index (χ0v) is 12.7. The molecular weight excluding hydrogens is 355 g/mol. The first-order valence-electron chi connectivity index (χ1n) is 5.79. The highest BCUT2D eigenvalue weighted by Crippen LogP contribution is 2.33. The molecule has 0 bridgehead atoms. The summed E-state index contributed by atoms with van der Waals surface area (Å²) >= 11 is 3.01. The molecule has 0 aliphatic heterocycles. The summed E-state index contributed by atoms with van der Waals surface area (Å²) in [6.45, 7) is 1.96. The summed E-state index contributed by atoms with van der Waals surface area (Å²) in [4.78, 5) is 0. The molecule has 1 aromatic carbocycles. The van der Waals surface area contributed by atoms with E-state index in [4.69, 9.17) is 4.74 Å². The fourth-order valence-corrected chi connectivity index (χ4v) is 1.94. The van der Waals surface area contributed by atoms with Crippen LogP contribution < -0.4 is 9.47 Å². The number of aromatic nitrogens is 3. The van der Waals surface area contributed by atoms with Gasteiger partial charge >= 0.3 is 6.36 Å². The Hall–Kier alpha value is -1.77. The van der Waals surface area contributed by atoms with Crippen LogP contribution in [-0.4, -0.2) is 21.1 Å². The summed E-state index contributed by atoms with van der Waals surface area (Å²) < 4.78 is 47.6. The summed E-state index contributed by atoms with van der Waals surface area (Å²) in [7, 11) is 1.80. The van der Waals surface area contributed by atoms with Crippen molar-refractivity contribution in [3.05, 3.63) is 34.3 Å². The lowest BCUT2D eigenvalue weighted by Crippen LogP contribution is -2.17. The Morgan fingerprint density at radius 3 is 2.52 bits per heavy atom. The van der Waals surface area contributed by atoms with Crippen molar-refractivity contribution in [2.24, 2.45) is 7.05 Å². The van der Waals surface area contributed by atoms with E-state index in [1.54, 1.807) is 18.5 Å². The van der Waals surface area contributed by atoms with Crippen LogP contribution >= 0.6 is 15.9 Å². The summed E-state index contributed by atoms with van der Waals surface area (Å²) in [6, 6.07) is 3.95. The van der Waals surface area contributed by atoms with Crippen LogP contribution in [0, 0.1) is 6.92 Å². The van der Waals surface area contributed by atoms with Gasteiger partial charge in [-0.1, -0.05) is 0 Å². The van der Waals surface area contributed by atoms with Gasteiger partial charge in [-0.25, -0.2) is 0 Å². The van der Waals surface area contributed by atoms with Gasteiger partial charge in [0.15, 0.2) is 5.82 Å². The van der Waals surface area contributed by atoms with Gasteiger partial charge in [-0.2, -0.15) is 0 Å². The van der Waals surface area contributed by atoms with E-state index in [9.17, 15) is 13.2 Å². The maximum absolute atomic E-state index is 12.1. The van der Waals surface area contributed by atoms with Crippen molar-refractivity contribution in [3.63, 3.8) is 0 Å². The Balaban J connectivity index is 2.05. The van der Waals surface area contributed by atoms with Crippen LogP contribution in [0.2, 0.25) is 0 Å². The molecule has 0 saturated carbocycles. The van der Waals surface area contributed by atoms with E-state index in [-0.39, 0.29) is 16.8 Å². The largest absolute Gasteiger partial charge is 0.573 e. The maximum Gasteiger partial charge on any atom is 0.573 e. The van der Waals surface area contributed by atoms with Crippen LogP contribution in [-0.2, 0) is 13.7 Å². The molecule has 5 nitrogen and oxygen atoms in total. The van der Waals surface area contributed by atoms with Crippen LogP contribution in [0.25, 0.3) is 0 Å². The van der Waals surface area contributed by atoms with Crippen molar-refractivity contribution in [2.45, 2.75) is 19.9 Å². The molecule has 0 N–H and O–H groups in total. The van der Waals surface area contributed by atoms with E-state index >= 15 is 0 Å². The molecule has 1 aromatic heterocycles. The van der Waals surface area contributed by atoms with Crippen molar-refractivity contribution >= 4 is 15.9 Å². The molecule has 9 heteroatoms. The van der Waals surface area contributed by atoms with Gasteiger partial charge in [-0.3, -0.25) is 0 Å². The second kappa shape index (κ2) is 5.92. The fourth-order valence-electron chi connectivity index (χ4n) is 1.50. The van der Waals surface area contributed by atoms with Gasteiger partial charge in [0.2, 0.25) is 0 Å². The Morgan fingerprint density at radius 2 is 2.00 bits per heavy atom. The molecule has 21 heavy (non-hydrogen) atoms. The number of hydrogen-bond donors (Lipinski definition) is 0. The number of ether oxygens (including phenoxy) is 2. The molecule has 0 aliphatic rings. The van der Waals surface area contributed by atoms with E-state index in [1.165, 1.54) is 18.2 Å². The van der Waals surface area contributed by atoms with Crippen LogP contribution in [0.3, 0.4) is 0 Å². The van der Waals surface area contributed by atoms with Crippen molar-refractivity contribution < 1.29 is 22.6 Å². The van der Waals surface area contributed by atoms with Crippen LogP contribution in [0.4, 0.5) is 13.2 Å². The maximum atomic E-state index is 12.1. The first-order chi connectivity index (χ1) is 9.76. The molecule has 2 rings (SSSR count). The third kappa shape index (κ3) is 4.10. The zero-order chi connectivity index (χ0) is 15.6. The minimum atomic E-state index is -4.74. The normalized spacial score (nSPS) is 11.5. The quantitative estimate of drug-likeness (QED) is 0.833. The van der Waals surface area contributed by atoms with Gasteiger partial charge in [0, 0.05) is 7.05 Å². The van der Waals surface area contributed by atoms with Crippen LogP contribution in [0.15, 0.2) is 22.7 Å². The fraction of sp³-hybridized carbons (Fsp3) is 0.333. The van der Waals surface area contributed by atoms with Crippen molar-refractivity contribution in [1.82, 2.24) is 14.8 Å². The molecule has 0 amide bonds. The third-order valence-electron chi connectivity index (χ3n) is 2.68. The van der Waals surface area contributed by atoms with E-state index in [0.29, 0.717) is 11.6 Å². The van der Waals surface area contributed by atoms with Crippen molar-refractivity contribution in [1.29, 1.82) is 0 Å². The lowest BCUT2D eigenvalue weighted by molar-refractivity contribution is -0.274. The Kier molecular flexibility index (Phi) is 4.40. The molecule has 0 fully saturated rings. The number of benzene rings is 1. The topological polar surface area (TPSA) is 49.2 Å². The second-order valence-electron chi connectivity index (χ2n) is 4.15. The number of aryl methyl sites for hydroxylation is 1. The highest BCUT2D eigenvalue weighted by molar-refractivity contribution is 9.10. The number of hydrogen-bond acceptors (Lipinski definition) is 4. The van der Waals surface area contributed by atoms with Crippen molar-refractivity contribution in [3.8, 4) is 11.5 Å². The minimum Gasteiger partial charge on any atom is -0.486 e. The summed E-state index contributed by atoms with van der Waals surface area (Å²) in [5, 5.41) is 7.80. The zero-order valence-electron chi connectivity index (χ0n) is 11.1. The van der Waals surface area contributed by atoms with E-state index < -0.39 is 6.36 Å². The Labute approximate surface area is 126 Å². The smallest absolute Gasteiger partial charge is 0.486 e. The molecule has 114 valence electrons.